The van der Waals surface area contributed by atoms with E-state index in [1.165, 1.54) is 11.3 Å². The Morgan fingerprint density at radius 3 is 2.83 bits per heavy atom. The highest BCUT2D eigenvalue weighted by molar-refractivity contribution is 7.13. The van der Waals surface area contributed by atoms with E-state index in [1.54, 1.807) is 29.6 Å². The topological polar surface area (TPSA) is 57.8 Å². The molecule has 0 fully saturated rings. The molecule has 118 valence electrons. The summed E-state index contributed by atoms with van der Waals surface area (Å²) >= 11 is 7.36. The summed E-state index contributed by atoms with van der Waals surface area (Å²) < 4.78 is 0. The Morgan fingerprint density at radius 1 is 1.12 bits per heavy atom. The van der Waals surface area contributed by atoms with Gasteiger partial charge in [-0.25, -0.2) is 4.98 Å². The summed E-state index contributed by atoms with van der Waals surface area (Å²) in [5.74, 6) is -0.254. The van der Waals surface area contributed by atoms with E-state index in [-0.39, 0.29) is 5.91 Å². The molecule has 0 aliphatic heterocycles. The number of H-pyrrole nitrogens is 1. The van der Waals surface area contributed by atoms with Gasteiger partial charge in [0.2, 0.25) is 0 Å². The molecule has 0 saturated heterocycles. The molecule has 0 aliphatic carbocycles. The Labute approximate surface area is 147 Å². The van der Waals surface area contributed by atoms with Gasteiger partial charge in [0, 0.05) is 27.0 Å². The van der Waals surface area contributed by atoms with Crippen LogP contribution in [0.15, 0.2) is 60.0 Å². The number of carbonyl (C=O) groups excluding carboxylic acids is 1. The van der Waals surface area contributed by atoms with Crippen molar-refractivity contribution in [2.24, 2.45) is 0 Å². The summed E-state index contributed by atoms with van der Waals surface area (Å²) in [5, 5.41) is 7.02. The predicted octanol–water partition coefficient (Wildman–Crippen LogP) is 5.20. The first-order chi connectivity index (χ1) is 11.7. The number of nitrogens with one attached hydrogen (secondary N) is 2. The average molecular weight is 354 g/mol. The van der Waals surface area contributed by atoms with Crippen molar-refractivity contribution in [3.05, 3.63) is 70.7 Å². The SMILES string of the molecule is O=C(Nc1cccc(Cl)c1)c1csc(-c2cc3ccccc3[nH]2)n1. The summed E-state index contributed by atoms with van der Waals surface area (Å²) in [5.41, 5.74) is 2.98. The lowest BCUT2D eigenvalue weighted by Gasteiger charge is -2.02. The predicted molar refractivity (Wildman–Crippen MR) is 98.8 cm³/mol. The molecule has 0 radical (unpaired) electrons. The van der Waals surface area contributed by atoms with Crippen LogP contribution in [0.2, 0.25) is 5.02 Å². The molecular formula is C18H12ClN3OS. The number of aromatic nitrogens is 2. The minimum atomic E-state index is -0.254. The van der Waals surface area contributed by atoms with Crippen LogP contribution in [0.4, 0.5) is 5.69 Å². The number of amides is 1. The minimum absolute atomic E-state index is 0.254. The van der Waals surface area contributed by atoms with Crippen LogP contribution in [0.5, 0.6) is 0 Å². The van der Waals surface area contributed by atoms with E-state index in [9.17, 15) is 4.79 Å². The second kappa shape index (κ2) is 6.11. The number of nitrogens with zero attached hydrogens (tertiary/aromatic N) is 1. The van der Waals surface area contributed by atoms with Crippen LogP contribution < -0.4 is 5.32 Å². The number of hydrogen-bond donors (Lipinski definition) is 2. The maximum absolute atomic E-state index is 12.3. The van der Waals surface area contributed by atoms with E-state index < -0.39 is 0 Å². The number of aromatic amines is 1. The Kier molecular flexibility index (Phi) is 3.80. The van der Waals surface area contributed by atoms with Crippen molar-refractivity contribution in [1.82, 2.24) is 9.97 Å². The second-order valence-electron chi connectivity index (χ2n) is 5.27. The third-order valence-corrected chi connectivity index (χ3v) is 4.69. The van der Waals surface area contributed by atoms with E-state index in [0.29, 0.717) is 16.4 Å². The van der Waals surface area contributed by atoms with Crippen LogP contribution in [0.3, 0.4) is 0 Å². The summed E-state index contributed by atoms with van der Waals surface area (Å²) in [4.78, 5) is 20.1. The number of para-hydroxylation sites is 1. The van der Waals surface area contributed by atoms with Crippen LogP contribution >= 0.6 is 22.9 Å². The van der Waals surface area contributed by atoms with Gasteiger partial charge in [-0.1, -0.05) is 35.9 Å². The molecule has 0 spiro atoms. The molecule has 4 nitrogen and oxygen atoms in total. The Hall–Kier alpha value is -2.63. The fourth-order valence-corrected chi connectivity index (χ4v) is 3.41. The number of thiazole rings is 1. The smallest absolute Gasteiger partial charge is 0.275 e. The van der Waals surface area contributed by atoms with Gasteiger partial charge in [0.05, 0.1) is 5.69 Å². The average Bonchev–Trinajstić information content (AvgIpc) is 3.21. The number of benzene rings is 2. The number of halogens is 1. The first-order valence-corrected chi connectivity index (χ1v) is 8.55. The van der Waals surface area contributed by atoms with Crippen molar-refractivity contribution in [1.29, 1.82) is 0 Å². The Morgan fingerprint density at radius 2 is 2.00 bits per heavy atom. The van der Waals surface area contributed by atoms with Gasteiger partial charge in [0.25, 0.3) is 5.91 Å². The van der Waals surface area contributed by atoms with Gasteiger partial charge in [0.15, 0.2) is 0 Å². The van der Waals surface area contributed by atoms with Crippen molar-refractivity contribution in [3.8, 4) is 10.7 Å². The molecule has 4 aromatic rings. The zero-order valence-electron chi connectivity index (χ0n) is 12.4. The van der Waals surface area contributed by atoms with Crippen molar-refractivity contribution in [2.75, 3.05) is 5.32 Å². The summed E-state index contributed by atoms with van der Waals surface area (Å²) in [6.45, 7) is 0. The standard InChI is InChI=1S/C18H12ClN3OS/c19-12-5-3-6-13(9-12)20-17(23)16-10-24-18(22-16)15-8-11-4-1-2-7-14(11)21-15/h1-10,21H,(H,20,23). The van der Waals surface area contributed by atoms with Gasteiger partial charge in [-0.3, -0.25) is 4.79 Å². The molecule has 0 saturated carbocycles. The van der Waals surface area contributed by atoms with Crippen molar-refractivity contribution >= 4 is 45.4 Å². The largest absolute Gasteiger partial charge is 0.353 e. The van der Waals surface area contributed by atoms with Crippen LogP contribution in [-0.4, -0.2) is 15.9 Å². The zero-order chi connectivity index (χ0) is 16.5. The van der Waals surface area contributed by atoms with Gasteiger partial charge < -0.3 is 10.3 Å². The molecular weight excluding hydrogens is 342 g/mol. The number of anilines is 1. The number of carbonyl (C=O) groups is 1. The van der Waals surface area contributed by atoms with Crippen LogP contribution in [-0.2, 0) is 0 Å². The fraction of sp³-hybridized carbons (Fsp3) is 0. The first kappa shape index (κ1) is 14.9. The van der Waals surface area contributed by atoms with E-state index >= 15 is 0 Å². The van der Waals surface area contributed by atoms with Crippen LogP contribution in [0.25, 0.3) is 21.6 Å². The third kappa shape index (κ3) is 2.91. The zero-order valence-corrected chi connectivity index (χ0v) is 14.0. The van der Waals surface area contributed by atoms with E-state index in [2.05, 4.69) is 15.3 Å². The quantitative estimate of drug-likeness (QED) is 0.532. The van der Waals surface area contributed by atoms with Crippen molar-refractivity contribution < 1.29 is 4.79 Å². The molecule has 0 unspecified atom stereocenters. The number of hydrogen-bond acceptors (Lipinski definition) is 3. The summed E-state index contributed by atoms with van der Waals surface area (Å²) in [7, 11) is 0. The molecule has 0 bridgehead atoms. The molecule has 1 amide bonds. The maximum atomic E-state index is 12.3. The van der Waals surface area contributed by atoms with Crippen LogP contribution in [0.1, 0.15) is 10.5 Å². The number of rotatable bonds is 3. The van der Waals surface area contributed by atoms with Gasteiger partial charge in [-0.15, -0.1) is 11.3 Å². The monoisotopic (exact) mass is 353 g/mol. The van der Waals surface area contributed by atoms with Gasteiger partial charge in [0.1, 0.15) is 10.7 Å². The highest BCUT2D eigenvalue weighted by Crippen LogP contribution is 2.27. The molecule has 2 N–H and O–H groups in total. The van der Waals surface area contributed by atoms with Crippen molar-refractivity contribution in [3.63, 3.8) is 0 Å². The van der Waals surface area contributed by atoms with E-state index in [0.717, 1.165) is 21.6 Å². The van der Waals surface area contributed by atoms with Gasteiger partial charge >= 0.3 is 0 Å². The molecule has 2 aromatic heterocycles. The van der Waals surface area contributed by atoms with E-state index in [4.69, 9.17) is 11.6 Å². The summed E-state index contributed by atoms with van der Waals surface area (Å²) in [6, 6.07) is 17.1. The molecule has 24 heavy (non-hydrogen) atoms. The molecule has 0 aliphatic rings. The Bertz CT molecular complexity index is 1000. The minimum Gasteiger partial charge on any atom is -0.353 e. The van der Waals surface area contributed by atoms with Crippen molar-refractivity contribution in [2.45, 2.75) is 0 Å². The Balaban J connectivity index is 1.58. The summed E-state index contributed by atoms with van der Waals surface area (Å²) in [6.07, 6.45) is 0. The lowest BCUT2D eigenvalue weighted by atomic mass is 10.2. The number of fused-ring (bicyclic) bond motifs is 1. The van der Waals surface area contributed by atoms with Gasteiger partial charge in [-0.2, -0.15) is 0 Å². The molecule has 4 rings (SSSR count). The lowest BCUT2D eigenvalue weighted by Crippen LogP contribution is -2.12. The van der Waals surface area contributed by atoms with Gasteiger partial charge in [-0.05, 0) is 30.3 Å². The third-order valence-electron chi connectivity index (χ3n) is 3.58. The maximum Gasteiger partial charge on any atom is 0.275 e. The van der Waals surface area contributed by atoms with Crippen LogP contribution in [0, 0.1) is 0 Å². The molecule has 0 atom stereocenters. The molecule has 2 aromatic carbocycles. The van der Waals surface area contributed by atoms with E-state index in [1.807, 2.05) is 30.3 Å². The lowest BCUT2D eigenvalue weighted by molar-refractivity contribution is 0.102. The second-order valence-corrected chi connectivity index (χ2v) is 6.57. The molecule has 2 heterocycles. The molecule has 6 heteroatoms. The highest BCUT2D eigenvalue weighted by Gasteiger charge is 2.13. The first-order valence-electron chi connectivity index (χ1n) is 7.29. The normalized spacial score (nSPS) is 10.9. The highest BCUT2D eigenvalue weighted by atomic mass is 35.5. The fourth-order valence-electron chi connectivity index (χ4n) is 2.45.